The van der Waals surface area contributed by atoms with Gasteiger partial charge in [0.05, 0.1) is 11.5 Å². The van der Waals surface area contributed by atoms with Crippen LogP contribution >= 0.6 is 11.6 Å². The average molecular weight is 410 g/mol. The van der Waals surface area contributed by atoms with E-state index in [1.54, 1.807) is 18.2 Å². The number of hydrogen-bond acceptors (Lipinski definition) is 3. The molecule has 1 N–H and O–H groups in total. The molecule has 150 valence electrons. The molecule has 28 heavy (non-hydrogen) atoms. The van der Waals surface area contributed by atoms with E-state index in [0.29, 0.717) is 36.6 Å². The van der Waals surface area contributed by atoms with Gasteiger partial charge >= 0.3 is 6.61 Å². The number of alkyl halides is 2. The fourth-order valence-corrected chi connectivity index (χ4v) is 3.72. The number of carbonyl (C=O) groups is 1. The van der Waals surface area contributed by atoms with E-state index in [2.05, 4.69) is 10.1 Å². The van der Waals surface area contributed by atoms with Crippen molar-refractivity contribution in [3.05, 3.63) is 64.7 Å². The molecule has 7 heteroatoms. The molecule has 0 saturated carbocycles. The Labute approximate surface area is 167 Å². The number of halogens is 3. The van der Waals surface area contributed by atoms with Gasteiger partial charge in [0, 0.05) is 18.2 Å². The Hall–Kier alpha value is -2.18. The van der Waals surface area contributed by atoms with Crippen LogP contribution in [0.5, 0.6) is 5.75 Å². The fourth-order valence-electron chi connectivity index (χ4n) is 3.53. The van der Waals surface area contributed by atoms with E-state index in [-0.39, 0.29) is 17.7 Å². The quantitative estimate of drug-likeness (QED) is 0.740. The van der Waals surface area contributed by atoms with Crippen molar-refractivity contribution in [2.45, 2.75) is 37.8 Å². The van der Waals surface area contributed by atoms with Gasteiger partial charge in [0.2, 0.25) is 5.91 Å². The first-order chi connectivity index (χ1) is 13.4. The molecule has 0 spiro atoms. The Morgan fingerprint density at radius 2 is 1.89 bits per heavy atom. The summed E-state index contributed by atoms with van der Waals surface area (Å²) in [6.07, 6.45) is 1.08. The van der Waals surface area contributed by atoms with Crippen molar-refractivity contribution < 1.29 is 23.0 Å². The summed E-state index contributed by atoms with van der Waals surface area (Å²) in [7, 11) is 0. The minimum atomic E-state index is -2.89. The molecule has 1 saturated heterocycles. The molecule has 1 amide bonds. The van der Waals surface area contributed by atoms with Gasteiger partial charge in [-0.05, 0) is 55.2 Å². The first kappa shape index (κ1) is 20.6. The maximum absolute atomic E-state index is 13.3. The first-order valence-corrected chi connectivity index (χ1v) is 9.48. The zero-order valence-corrected chi connectivity index (χ0v) is 16.2. The van der Waals surface area contributed by atoms with E-state index in [4.69, 9.17) is 16.3 Å². The van der Waals surface area contributed by atoms with Gasteiger partial charge in [-0.25, -0.2) is 0 Å². The SMILES string of the molecule is CC(NC(=O)C1(c2cccc(Cl)c2)CCOCC1)c1cccc(OC(F)F)c1. The summed E-state index contributed by atoms with van der Waals surface area (Å²) in [5.74, 6) is -0.0741. The largest absolute Gasteiger partial charge is 0.435 e. The summed E-state index contributed by atoms with van der Waals surface area (Å²) in [6.45, 7) is -0.129. The molecule has 2 aromatic carbocycles. The predicted octanol–water partition coefficient (Wildman–Crippen LogP) is 4.87. The van der Waals surface area contributed by atoms with Gasteiger partial charge in [0.25, 0.3) is 0 Å². The van der Waals surface area contributed by atoms with Crippen molar-refractivity contribution in [3.63, 3.8) is 0 Å². The van der Waals surface area contributed by atoms with Crippen LogP contribution in [0.2, 0.25) is 5.02 Å². The average Bonchev–Trinajstić information content (AvgIpc) is 2.68. The van der Waals surface area contributed by atoms with Crippen LogP contribution in [0.15, 0.2) is 48.5 Å². The molecule has 0 aliphatic carbocycles. The van der Waals surface area contributed by atoms with Crippen LogP contribution in [-0.4, -0.2) is 25.7 Å². The number of benzene rings is 2. The van der Waals surface area contributed by atoms with Gasteiger partial charge in [-0.2, -0.15) is 8.78 Å². The van der Waals surface area contributed by atoms with E-state index < -0.39 is 12.0 Å². The molecule has 2 aromatic rings. The summed E-state index contributed by atoms with van der Waals surface area (Å²) in [6, 6.07) is 13.3. The molecule has 0 radical (unpaired) electrons. The minimum Gasteiger partial charge on any atom is -0.435 e. The third-order valence-electron chi connectivity index (χ3n) is 5.09. The second kappa shape index (κ2) is 8.88. The lowest BCUT2D eigenvalue weighted by atomic mass is 9.73. The van der Waals surface area contributed by atoms with Gasteiger partial charge in [-0.1, -0.05) is 35.9 Å². The van der Waals surface area contributed by atoms with Crippen molar-refractivity contribution in [1.82, 2.24) is 5.32 Å². The van der Waals surface area contributed by atoms with Crippen LogP contribution in [0.1, 0.15) is 36.9 Å². The molecule has 0 aromatic heterocycles. The lowest BCUT2D eigenvalue weighted by Gasteiger charge is -2.37. The van der Waals surface area contributed by atoms with E-state index in [1.807, 2.05) is 25.1 Å². The number of rotatable bonds is 6. The third kappa shape index (κ3) is 4.62. The van der Waals surface area contributed by atoms with Crippen molar-refractivity contribution >= 4 is 17.5 Å². The maximum Gasteiger partial charge on any atom is 0.387 e. The molecule has 1 heterocycles. The lowest BCUT2D eigenvalue weighted by Crippen LogP contribution is -2.48. The van der Waals surface area contributed by atoms with Gasteiger partial charge in [0.1, 0.15) is 5.75 Å². The topological polar surface area (TPSA) is 47.6 Å². The molecular formula is C21H22ClF2NO3. The number of ether oxygens (including phenoxy) is 2. The maximum atomic E-state index is 13.3. The highest BCUT2D eigenvalue weighted by Crippen LogP contribution is 2.37. The van der Waals surface area contributed by atoms with Gasteiger partial charge in [0.15, 0.2) is 0 Å². The second-order valence-electron chi connectivity index (χ2n) is 6.85. The first-order valence-electron chi connectivity index (χ1n) is 9.10. The smallest absolute Gasteiger partial charge is 0.387 e. The Morgan fingerprint density at radius 3 is 2.57 bits per heavy atom. The molecule has 3 rings (SSSR count). The highest BCUT2D eigenvalue weighted by atomic mass is 35.5. The Kier molecular flexibility index (Phi) is 6.52. The summed E-state index contributed by atoms with van der Waals surface area (Å²) in [5.41, 5.74) is 0.789. The van der Waals surface area contributed by atoms with E-state index in [0.717, 1.165) is 5.56 Å². The summed E-state index contributed by atoms with van der Waals surface area (Å²) in [5, 5.41) is 3.60. The highest BCUT2D eigenvalue weighted by Gasteiger charge is 2.42. The van der Waals surface area contributed by atoms with E-state index in [1.165, 1.54) is 12.1 Å². The molecule has 1 fully saturated rings. The summed E-state index contributed by atoms with van der Waals surface area (Å²) >= 11 is 6.15. The Balaban J connectivity index is 1.82. The lowest BCUT2D eigenvalue weighted by molar-refractivity contribution is -0.131. The normalized spacial score (nSPS) is 17.2. The molecule has 4 nitrogen and oxygen atoms in total. The second-order valence-corrected chi connectivity index (χ2v) is 7.29. The predicted molar refractivity (Wildman–Crippen MR) is 103 cm³/mol. The number of hydrogen-bond donors (Lipinski definition) is 1. The van der Waals surface area contributed by atoms with Crippen LogP contribution in [0.4, 0.5) is 8.78 Å². The molecular weight excluding hydrogens is 388 g/mol. The minimum absolute atomic E-state index is 0.0595. The van der Waals surface area contributed by atoms with Crippen LogP contribution in [0.25, 0.3) is 0 Å². The van der Waals surface area contributed by atoms with Crippen molar-refractivity contribution in [2.24, 2.45) is 0 Å². The van der Waals surface area contributed by atoms with Crippen LogP contribution in [0.3, 0.4) is 0 Å². The Bertz CT molecular complexity index is 825. The van der Waals surface area contributed by atoms with Gasteiger partial charge in [-0.3, -0.25) is 4.79 Å². The van der Waals surface area contributed by atoms with Crippen molar-refractivity contribution in [1.29, 1.82) is 0 Å². The van der Waals surface area contributed by atoms with Crippen molar-refractivity contribution in [2.75, 3.05) is 13.2 Å². The zero-order chi connectivity index (χ0) is 20.1. The van der Waals surface area contributed by atoms with Crippen LogP contribution < -0.4 is 10.1 Å². The van der Waals surface area contributed by atoms with Gasteiger partial charge < -0.3 is 14.8 Å². The fraction of sp³-hybridized carbons (Fsp3) is 0.381. The third-order valence-corrected chi connectivity index (χ3v) is 5.32. The van der Waals surface area contributed by atoms with Crippen LogP contribution in [-0.2, 0) is 14.9 Å². The van der Waals surface area contributed by atoms with Crippen molar-refractivity contribution in [3.8, 4) is 5.75 Å². The number of amides is 1. The molecule has 1 atom stereocenters. The molecule has 1 unspecified atom stereocenters. The molecule has 1 aliphatic heterocycles. The van der Waals surface area contributed by atoms with E-state index >= 15 is 0 Å². The number of carbonyl (C=O) groups excluding carboxylic acids is 1. The zero-order valence-electron chi connectivity index (χ0n) is 15.5. The summed E-state index contributed by atoms with van der Waals surface area (Å²) in [4.78, 5) is 13.3. The van der Waals surface area contributed by atoms with Gasteiger partial charge in [-0.15, -0.1) is 0 Å². The number of nitrogens with one attached hydrogen (secondary N) is 1. The molecule has 0 bridgehead atoms. The summed E-state index contributed by atoms with van der Waals surface area (Å²) < 4.78 is 34.8. The Morgan fingerprint density at radius 1 is 1.18 bits per heavy atom. The molecule has 1 aliphatic rings. The standard InChI is InChI=1S/C21H22ClF2NO3/c1-14(15-4-2-7-18(12-15)28-20(23)24)25-19(26)21(8-10-27-11-9-21)16-5-3-6-17(22)13-16/h2-7,12-14,20H,8-11H2,1H3,(H,25,26). The van der Waals surface area contributed by atoms with E-state index in [9.17, 15) is 13.6 Å². The highest BCUT2D eigenvalue weighted by molar-refractivity contribution is 6.30. The van der Waals surface area contributed by atoms with Crippen LogP contribution in [0, 0.1) is 0 Å². The monoisotopic (exact) mass is 409 g/mol.